The molecule has 1 saturated heterocycles. The van der Waals surface area contributed by atoms with E-state index in [1.807, 2.05) is 12.3 Å². The van der Waals surface area contributed by atoms with E-state index in [2.05, 4.69) is 19.9 Å². The monoisotopic (exact) mass is 480 g/mol. The van der Waals surface area contributed by atoms with Gasteiger partial charge < -0.3 is 14.9 Å². The Balaban J connectivity index is 0.00000144. The number of aromatic amines is 2. The molecule has 0 amide bonds. The number of hydrogen-bond donors (Lipinski definition) is 2. The first-order chi connectivity index (χ1) is 14.6. The molecule has 0 spiro atoms. The van der Waals surface area contributed by atoms with Crippen molar-refractivity contribution in [1.29, 1.82) is 0 Å². The minimum absolute atomic E-state index is 0. The third-order valence-electron chi connectivity index (χ3n) is 6.09. The van der Waals surface area contributed by atoms with Crippen molar-refractivity contribution in [3.63, 3.8) is 0 Å². The summed E-state index contributed by atoms with van der Waals surface area (Å²) in [6.45, 7) is 2.78. The molecule has 0 saturated carbocycles. The molecular formula is C23H24Cl2F2N4O. The molecule has 5 nitrogen and oxygen atoms in total. The van der Waals surface area contributed by atoms with E-state index in [4.69, 9.17) is 0 Å². The predicted molar refractivity (Wildman–Crippen MR) is 127 cm³/mol. The highest BCUT2D eigenvalue weighted by Crippen LogP contribution is 2.27. The molecule has 5 rings (SSSR count). The van der Waals surface area contributed by atoms with Crippen LogP contribution in [0.2, 0.25) is 0 Å². The van der Waals surface area contributed by atoms with Crippen LogP contribution in [0.3, 0.4) is 0 Å². The lowest BCUT2D eigenvalue weighted by molar-refractivity contribution is 0.211. The molecule has 2 aromatic heterocycles. The van der Waals surface area contributed by atoms with Crippen LogP contribution >= 0.6 is 24.8 Å². The van der Waals surface area contributed by atoms with Crippen LogP contribution in [-0.2, 0) is 6.42 Å². The highest BCUT2D eigenvalue weighted by molar-refractivity contribution is 5.85. The summed E-state index contributed by atoms with van der Waals surface area (Å²) in [6, 6.07) is 8.97. The van der Waals surface area contributed by atoms with Gasteiger partial charge in [0.15, 0.2) is 0 Å². The fourth-order valence-electron chi connectivity index (χ4n) is 4.40. The van der Waals surface area contributed by atoms with Crippen molar-refractivity contribution in [2.45, 2.75) is 25.2 Å². The third-order valence-corrected chi connectivity index (χ3v) is 6.09. The van der Waals surface area contributed by atoms with Gasteiger partial charge in [0.25, 0.3) is 5.56 Å². The Kier molecular flexibility index (Phi) is 7.54. The van der Waals surface area contributed by atoms with Gasteiger partial charge in [-0.05, 0) is 74.3 Å². The van der Waals surface area contributed by atoms with Gasteiger partial charge >= 0.3 is 0 Å². The zero-order chi connectivity index (χ0) is 20.7. The first-order valence-electron chi connectivity index (χ1n) is 10.2. The van der Waals surface area contributed by atoms with Gasteiger partial charge in [-0.2, -0.15) is 0 Å². The Hall–Kier alpha value is -2.48. The van der Waals surface area contributed by atoms with Crippen molar-refractivity contribution in [3.05, 3.63) is 76.0 Å². The molecule has 170 valence electrons. The first kappa shape index (κ1) is 24.2. The predicted octanol–water partition coefficient (Wildman–Crippen LogP) is 4.95. The lowest BCUT2D eigenvalue weighted by atomic mass is 9.95. The van der Waals surface area contributed by atoms with Gasteiger partial charge in [0.2, 0.25) is 0 Å². The van der Waals surface area contributed by atoms with Gasteiger partial charge in [-0.25, -0.2) is 13.8 Å². The number of nitrogens with zero attached hydrogens (tertiary/aromatic N) is 2. The van der Waals surface area contributed by atoms with Crippen LogP contribution in [0.15, 0.2) is 47.4 Å². The van der Waals surface area contributed by atoms with Crippen LogP contribution in [0.5, 0.6) is 0 Å². The van der Waals surface area contributed by atoms with Crippen molar-refractivity contribution in [2.75, 3.05) is 19.6 Å². The van der Waals surface area contributed by atoms with Gasteiger partial charge in [-0.3, -0.25) is 4.79 Å². The Morgan fingerprint density at radius 2 is 1.72 bits per heavy atom. The largest absolute Gasteiger partial charge is 0.361 e. The summed E-state index contributed by atoms with van der Waals surface area (Å²) >= 11 is 0. The molecule has 3 heterocycles. The molecule has 0 bridgehead atoms. The maximum atomic E-state index is 13.4. The fourth-order valence-corrected chi connectivity index (χ4v) is 4.40. The van der Waals surface area contributed by atoms with Crippen molar-refractivity contribution >= 4 is 46.6 Å². The van der Waals surface area contributed by atoms with E-state index < -0.39 is 5.82 Å². The average Bonchev–Trinajstić information content (AvgIpc) is 3.15. The summed E-state index contributed by atoms with van der Waals surface area (Å²) in [5, 5.41) is 1.36. The number of rotatable bonds is 4. The molecule has 0 unspecified atom stereocenters. The minimum Gasteiger partial charge on any atom is -0.361 e. The number of halogens is 4. The normalized spacial score (nSPS) is 14.9. The van der Waals surface area contributed by atoms with Gasteiger partial charge in [0.1, 0.15) is 17.5 Å². The number of fused-ring (bicyclic) bond motifs is 2. The maximum absolute atomic E-state index is 13.4. The summed E-state index contributed by atoms with van der Waals surface area (Å²) in [5.74, 6) is 0.219. The number of piperidine rings is 1. The SMILES string of the molecule is Cl.Cl.O=c1[nH]c(C2CCN(CCc3c[nH]c4cc(F)ccc34)CC2)nc2ccc(F)cc12. The summed E-state index contributed by atoms with van der Waals surface area (Å²) in [7, 11) is 0. The highest BCUT2D eigenvalue weighted by atomic mass is 35.5. The molecule has 0 aliphatic carbocycles. The van der Waals surface area contributed by atoms with E-state index in [1.54, 1.807) is 6.07 Å². The molecule has 1 aliphatic rings. The van der Waals surface area contributed by atoms with Crippen molar-refractivity contribution in [3.8, 4) is 0 Å². The van der Waals surface area contributed by atoms with Gasteiger partial charge in [-0.1, -0.05) is 0 Å². The van der Waals surface area contributed by atoms with E-state index in [9.17, 15) is 13.6 Å². The zero-order valence-electron chi connectivity index (χ0n) is 17.2. The first-order valence-corrected chi connectivity index (χ1v) is 10.2. The number of hydrogen-bond acceptors (Lipinski definition) is 3. The second-order valence-electron chi connectivity index (χ2n) is 7.98. The van der Waals surface area contributed by atoms with Gasteiger partial charge in [0.05, 0.1) is 10.9 Å². The summed E-state index contributed by atoms with van der Waals surface area (Å²) < 4.78 is 26.7. The zero-order valence-corrected chi connectivity index (χ0v) is 18.9. The minimum atomic E-state index is -0.434. The van der Waals surface area contributed by atoms with Gasteiger partial charge in [-0.15, -0.1) is 24.8 Å². The van der Waals surface area contributed by atoms with Crippen molar-refractivity contribution in [1.82, 2.24) is 19.9 Å². The lowest BCUT2D eigenvalue weighted by Gasteiger charge is -2.31. The Labute approximate surface area is 196 Å². The van der Waals surface area contributed by atoms with Crippen LogP contribution in [0.4, 0.5) is 8.78 Å². The Bertz CT molecular complexity index is 1280. The second kappa shape index (κ2) is 9.98. The van der Waals surface area contributed by atoms with Crippen molar-refractivity contribution < 1.29 is 8.78 Å². The van der Waals surface area contributed by atoms with E-state index in [0.717, 1.165) is 49.8 Å². The molecule has 2 aromatic carbocycles. The average molecular weight is 481 g/mol. The second-order valence-corrected chi connectivity index (χ2v) is 7.98. The standard InChI is InChI=1S/C23H22F2N4O.2ClH/c24-16-2-4-20-19(11-16)23(30)28-22(27-20)14-5-8-29(9-6-14)10-7-15-13-26-21-12-17(25)1-3-18(15)21;;/h1-4,11-14,26H,5-10H2,(H,27,28,30);2*1H. The summed E-state index contributed by atoms with van der Waals surface area (Å²) in [5.41, 5.74) is 2.27. The molecule has 0 atom stereocenters. The lowest BCUT2D eigenvalue weighted by Crippen LogP contribution is -2.35. The maximum Gasteiger partial charge on any atom is 0.258 e. The molecule has 1 fully saturated rings. The quantitative estimate of drug-likeness (QED) is 0.434. The highest BCUT2D eigenvalue weighted by Gasteiger charge is 2.23. The van der Waals surface area contributed by atoms with Crippen LogP contribution in [0.25, 0.3) is 21.8 Å². The number of likely N-dealkylation sites (tertiary alicyclic amines) is 1. The van der Waals surface area contributed by atoms with Gasteiger partial charge in [0, 0.05) is 29.6 Å². The molecule has 2 N–H and O–H groups in total. The van der Waals surface area contributed by atoms with Crippen molar-refractivity contribution in [2.24, 2.45) is 0 Å². The molecule has 0 radical (unpaired) electrons. The molecule has 1 aliphatic heterocycles. The van der Waals surface area contributed by atoms with E-state index in [0.29, 0.717) is 11.3 Å². The molecule has 32 heavy (non-hydrogen) atoms. The number of benzene rings is 2. The summed E-state index contributed by atoms with van der Waals surface area (Å²) in [4.78, 5) is 25.3. The fraction of sp³-hybridized carbons (Fsp3) is 0.304. The van der Waals surface area contributed by atoms with E-state index in [-0.39, 0.29) is 47.5 Å². The number of H-pyrrole nitrogens is 2. The smallest absolute Gasteiger partial charge is 0.258 e. The molecule has 4 aromatic rings. The number of nitrogens with one attached hydrogen (secondary N) is 2. The Morgan fingerprint density at radius 3 is 2.50 bits per heavy atom. The van der Waals surface area contributed by atoms with E-state index in [1.165, 1.54) is 29.8 Å². The van der Waals surface area contributed by atoms with Crippen LogP contribution in [-0.4, -0.2) is 39.5 Å². The number of aromatic nitrogens is 3. The van der Waals surface area contributed by atoms with Crippen LogP contribution in [0, 0.1) is 11.6 Å². The molecule has 9 heteroatoms. The molecular weight excluding hydrogens is 457 g/mol. The van der Waals surface area contributed by atoms with E-state index >= 15 is 0 Å². The van der Waals surface area contributed by atoms with Crippen LogP contribution < -0.4 is 5.56 Å². The summed E-state index contributed by atoms with van der Waals surface area (Å²) in [6.07, 6.45) is 4.68. The van der Waals surface area contributed by atoms with Crippen LogP contribution in [0.1, 0.15) is 30.1 Å². The third kappa shape index (κ3) is 4.80. The topological polar surface area (TPSA) is 64.8 Å². The Morgan fingerprint density at radius 1 is 1.00 bits per heavy atom.